The van der Waals surface area contributed by atoms with Crippen LogP contribution in [0.25, 0.3) is 0 Å². The summed E-state index contributed by atoms with van der Waals surface area (Å²) in [5, 5.41) is 9.39. The van der Waals surface area contributed by atoms with Gasteiger partial charge in [0.1, 0.15) is 28.6 Å². The van der Waals surface area contributed by atoms with Crippen LogP contribution in [-0.2, 0) is 25.7 Å². The molecule has 3 atom stereocenters. The van der Waals surface area contributed by atoms with Crippen LogP contribution in [0, 0.1) is 5.92 Å². The molecule has 1 aromatic heterocycles. The number of allylic oxidation sites excluding steroid dienone is 1. The molecule has 3 amide bonds. The van der Waals surface area contributed by atoms with E-state index < -0.39 is 17.6 Å². The first-order chi connectivity index (χ1) is 19.6. The highest BCUT2D eigenvalue weighted by atomic mass is 32.2. The highest BCUT2D eigenvalue weighted by Gasteiger charge is 2.41. The van der Waals surface area contributed by atoms with E-state index in [2.05, 4.69) is 32.9 Å². The van der Waals surface area contributed by atoms with E-state index in [9.17, 15) is 19.2 Å². The number of thioether (sulfide) groups is 2. The largest absolute Gasteiger partial charge is 0.446 e. The maximum Gasteiger partial charge on any atom is 0.249 e. The number of rotatable bonds is 11. The Balaban J connectivity index is 1.66. The fourth-order valence-corrected chi connectivity index (χ4v) is 6.29. The number of carbonyl (C=O) groups excluding carboxylic acids is 4. The molecule has 0 radical (unpaired) electrons. The number of amides is 3. The lowest BCUT2D eigenvalue weighted by Crippen LogP contribution is -2.56. The second kappa shape index (κ2) is 16.1. The van der Waals surface area contributed by atoms with Crippen molar-refractivity contribution < 1.29 is 23.6 Å². The number of unbranched alkanes of at least 4 members (excludes halogenated alkanes) is 4. The van der Waals surface area contributed by atoms with Crippen LogP contribution in [0.3, 0.4) is 0 Å². The lowest BCUT2D eigenvalue weighted by molar-refractivity contribution is -0.132. The quantitative estimate of drug-likeness (QED) is 0.252. The molecule has 226 valence electrons. The van der Waals surface area contributed by atoms with Gasteiger partial charge in [-0.1, -0.05) is 70.4 Å². The standard InChI is InChI=1S/C29H43N5O5S2/c1-5-6-7-8-9-13-24(36)40-14-11-10-12-20-15-22(35)30-16-23-32-21(17-39-23)27-34-29(4,18-41-27)28(38)33-25(19(2)3)26(37)31-20/h10,12,17,19-20,25H,5-9,11,13-16,18H2,1-4H3,(H,30,35)(H,31,37)(H,33,38)/b12-10+/t20-,25+,29+/m1/s1. The van der Waals surface area contributed by atoms with Gasteiger partial charge in [0.25, 0.3) is 0 Å². The smallest absolute Gasteiger partial charge is 0.249 e. The van der Waals surface area contributed by atoms with E-state index in [1.165, 1.54) is 49.0 Å². The number of hydrogen-bond donors (Lipinski definition) is 3. The van der Waals surface area contributed by atoms with E-state index in [1.807, 2.05) is 19.9 Å². The summed E-state index contributed by atoms with van der Waals surface area (Å²) in [6.45, 7) is 7.71. The number of nitrogens with zero attached hydrogens (tertiary/aromatic N) is 2. The van der Waals surface area contributed by atoms with Crippen LogP contribution in [0.15, 0.2) is 27.8 Å². The van der Waals surface area contributed by atoms with Gasteiger partial charge >= 0.3 is 0 Å². The number of aliphatic imine (C=N–C) groups is 1. The van der Waals surface area contributed by atoms with Crippen molar-refractivity contribution in [3.63, 3.8) is 0 Å². The SMILES string of the molecule is CCCCCCCC(=O)SCC/C=C/[C@@H]1CC(=O)NCc2nc(co2)C2=N[C@@](C)(CS2)C(=O)N[C@@H](C(C)C)C(=O)N1. The Morgan fingerprint density at radius 1 is 1.22 bits per heavy atom. The summed E-state index contributed by atoms with van der Waals surface area (Å²) in [7, 11) is 0. The Hall–Kier alpha value is -2.60. The van der Waals surface area contributed by atoms with Gasteiger partial charge in [0, 0.05) is 17.9 Å². The van der Waals surface area contributed by atoms with E-state index >= 15 is 0 Å². The maximum atomic E-state index is 13.3. The normalized spacial score (nSPS) is 23.8. The van der Waals surface area contributed by atoms with E-state index in [-0.39, 0.29) is 41.7 Å². The van der Waals surface area contributed by atoms with Gasteiger partial charge in [-0.15, -0.1) is 11.8 Å². The number of hydrogen-bond acceptors (Lipinski definition) is 9. The summed E-state index contributed by atoms with van der Waals surface area (Å²) < 4.78 is 5.51. The average molecular weight is 606 g/mol. The van der Waals surface area contributed by atoms with Crippen molar-refractivity contribution in [1.29, 1.82) is 0 Å². The molecule has 0 aliphatic carbocycles. The van der Waals surface area contributed by atoms with Crippen molar-refractivity contribution in [2.45, 2.75) is 103 Å². The Morgan fingerprint density at radius 2 is 2.00 bits per heavy atom. The van der Waals surface area contributed by atoms with Crippen LogP contribution in [-0.4, -0.2) is 62.0 Å². The molecule has 41 heavy (non-hydrogen) atoms. The molecular weight excluding hydrogens is 562 g/mol. The van der Waals surface area contributed by atoms with Gasteiger partial charge in [-0.05, 0) is 25.7 Å². The molecule has 3 rings (SSSR count). The average Bonchev–Trinajstić information content (AvgIpc) is 3.56. The van der Waals surface area contributed by atoms with E-state index in [1.54, 1.807) is 13.0 Å². The zero-order valence-corrected chi connectivity index (χ0v) is 26.1. The predicted octanol–water partition coefficient (Wildman–Crippen LogP) is 4.14. The van der Waals surface area contributed by atoms with E-state index in [4.69, 9.17) is 4.42 Å². The lowest BCUT2D eigenvalue weighted by Gasteiger charge is -2.27. The molecule has 12 heteroatoms. The summed E-state index contributed by atoms with van der Waals surface area (Å²) >= 11 is 2.72. The zero-order chi connectivity index (χ0) is 29.8. The molecule has 0 fully saturated rings. The summed E-state index contributed by atoms with van der Waals surface area (Å²) in [4.78, 5) is 60.6. The van der Waals surface area contributed by atoms with Gasteiger partial charge in [0.2, 0.25) is 23.6 Å². The molecule has 2 aliphatic rings. The molecule has 10 nitrogen and oxygen atoms in total. The molecule has 0 aromatic carbocycles. The molecule has 0 saturated carbocycles. The van der Waals surface area contributed by atoms with Gasteiger partial charge in [-0.2, -0.15) is 0 Å². The summed E-state index contributed by atoms with van der Waals surface area (Å²) in [5.41, 5.74) is -0.545. The minimum absolute atomic E-state index is 0.00131. The highest BCUT2D eigenvalue weighted by molar-refractivity contribution is 8.14. The van der Waals surface area contributed by atoms with Crippen molar-refractivity contribution in [3.05, 3.63) is 30.0 Å². The van der Waals surface area contributed by atoms with Crippen LogP contribution in [0.2, 0.25) is 0 Å². The van der Waals surface area contributed by atoms with Gasteiger partial charge in [-0.3, -0.25) is 24.2 Å². The van der Waals surface area contributed by atoms with E-state index in [0.29, 0.717) is 41.0 Å². The van der Waals surface area contributed by atoms with Crippen molar-refractivity contribution >= 4 is 51.4 Å². The molecule has 3 heterocycles. The maximum absolute atomic E-state index is 13.3. The third-order valence-electron chi connectivity index (χ3n) is 6.90. The molecule has 0 saturated heterocycles. The molecule has 2 aliphatic heterocycles. The second-order valence-corrected chi connectivity index (χ2v) is 13.1. The molecule has 1 aromatic rings. The molecule has 3 N–H and O–H groups in total. The van der Waals surface area contributed by atoms with Crippen molar-refractivity contribution in [3.8, 4) is 0 Å². The zero-order valence-electron chi connectivity index (χ0n) is 24.5. The Morgan fingerprint density at radius 3 is 2.76 bits per heavy atom. The van der Waals surface area contributed by atoms with Gasteiger partial charge in [0.15, 0.2) is 5.12 Å². The Kier molecular flexibility index (Phi) is 13.0. The fourth-order valence-electron chi connectivity index (χ4n) is 4.40. The van der Waals surface area contributed by atoms with Gasteiger partial charge < -0.3 is 20.4 Å². The fraction of sp³-hybridized carbons (Fsp3) is 0.655. The van der Waals surface area contributed by atoms with Crippen LogP contribution in [0.5, 0.6) is 0 Å². The Labute approximate surface area is 251 Å². The van der Waals surface area contributed by atoms with Gasteiger partial charge in [0.05, 0.1) is 19.0 Å². The topological polar surface area (TPSA) is 143 Å². The van der Waals surface area contributed by atoms with Crippen LogP contribution >= 0.6 is 23.5 Å². The third kappa shape index (κ3) is 10.3. The third-order valence-corrected chi connectivity index (χ3v) is 9.15. The van der Waals surface area contributed by atoms with Crippen LogP contribution in [0.1, 0.15) is 90.6 Å². The minimum Gasteiger partial charge on any atom is -0.446 e. The van der Waals surface area contributed by atoms with Crippen molar-refractivity contribution in [2.75, 3.05) is 11.5 Å². The van der Waals surface area contributed by atoms with E-state index in [0.717, 1.165) is 12.8 Å². The number of fused-ring (bicyclic) bond motifs is 4. The van der Waals surface area contributed by atoms with Crippen molar-refractivity contribution in [2.24, 2.45) is 10.9 Å². The second-order valence-electron chi connectivity index (χ2n) is 11.0. The summed E-state index contributed by atoms with van der Waals surface area (Å²) in [5.74, 6) is 0.165. The number of oxazole rings is 1. The Bertz CT molecular complexity index is 1130. The van der Waals surface area contributed by atoms with Crippen LogP contribution < -0.4 is 16.0 Å². The molecular formula is C29H43N5O5S2. The van der Waals surface area contributed by atoms with Crippen LogP contribution in [0.4, 0.5) is 0 Å². The molecule has 0 unspecified atom stereocenters. The first-order valence-corrected chi connectivity index (χ1v) is 16.5. The summed E-state index contributed by atoms with van der Waals surface area (Å²) in [6.07, 6.45) is 11.9. The van der Waals surface area contributed by atoms with Crippen molar-refractivity contribution in [1.82, 2.24) is 20.9 Å². The number of aromatic nitrogens is 1. The lowest BCUT2D eigenvalue weighted by atomic mass is 9.99. The molecule has 0 spiro atoms. The number of carbonyl (C=O) groups is 4. The monoisotopic (exact) mass is 605 g/mol. The number of nitrogens with one attached hydrogen (secondary N) is 3. The summed E-state index contributed by atoms with van der Waals surface area (Å²) in [6, 6.07) is -1.41. The highest BCUT2D eigenvalue weighted by Crippen LogP contribution is 2.31. The predicted molar refractivity (Wildman–Crippen MR) is 164 cm³/mol. The first-order valence-electron chi connectivity index (χ1n) is 14.5. The molecule has 4 bridgehead atoms. The van der Waals surface area contributed by atoms with Gasteiger partial charge in [-0.25, -0.2) is 4.98 Å². The minimum atomic E-state index is -1.05. The first kappa shape index (κ1) is 32.9.